The Morgan fingerprint density at radius 1 is 0.912 bits per heavy atom. The molecule has 2 saturated heterocycles. The third-order valence-electron chi connectivity index (χ3n) is 7.36. The Morgan fingerprint density at radius 3 is 2.38 bits per heavy atom. The summed E-state index contributed by atoms with van der Waals surface area (Å²) in [7, 11) is 0. The van der Waals surface area contributed by atoms with Crippen LogP contribution in [0, 0.1) is 11.8 Å². The van der Waals surface area contributed by atoms with Crippen LogP contribution in [0.5, 0.6) is 0 Å². The average Bonchev–Trinajstić information content (AvgIpc) is 3.31. The molecule has 34 heavy (non-hydrogen) atoms. The molecular formula is C27H38N2O5. The number of carbonyl (C=O) groups excluding carboxylic acids is 3. The molecule has 0 aromatic heterocycles. The van der Waals surface area contributed by atoms with Crippen molar-refractivity contribution in [2.45, 2.75) is 90.0 Å². The Bertz CT molecular complexity index is 881. The predicted molar refractivity (Wildman–Crippen MR) is 128 cm³/mol. The number of esters is 1. The molecule has 0 radical (unpaired) electrons. The van der Waals surface area contributed by atoms with E-state index in [4.69, 9.17) is 9.47 Å². The van der Waals surface area contributed by atoms with Crippen LogP contribution in [0.2, 0.25) is 0 Å². The molecule has 1 unspecified atom stereocenters. The van der Waals surface area contributed by atoms with E-state index in [1.807, 2.05) is 51.1 Å². The largest absolute Gasteiger partial charge is 0.458 e. The Hall–Kier alpha value is -2.57. The molecule has 1 saturated carbocycles. The van der Waals surface area contributed by atoms with Gasteiger partial charge in [0.25, 0.3) is 0 Å². The maximum Gasteiger partial charge on any atom is 0.410 e. The summed E-state index contributed by atoms with van der Waals surface area (Å²) in [6.45, 7) is 6.72. The minimum absolute atomic E-state index is 0.110. The molecule has 7 heteroatoms. The highest BCUT2D eigenvalue weighted by molar-refractivity contribution is 5.90. The Balaban J connectivity index is 1.53. The first kappa shape index (κ1) is 24.6. The van der Waals surface area contributed by atoms with E-state index in [2.05, 4.69) is 0 Å². The third kappa shape index (κ3) is 5.56. The SMILES string of the molecule is CC(C)(C)OC(=O)[C@@H]1CCCN1C(=O)C1[C@H]2CCCC[C@H]2CCN1C(=O)OCc1ccccc1. The summed E-state index contributed by atoms with van der Waals surface area (Å²) in [5.74, 6) is 0.0665. The molecular weight excluding hydrogens is 432 g/mol. The summed E-state index contributed by atoms with van der Waals surface area (Å²) in [6.07, 6.45) is 6.06. The lowest BCUT2D eigenvalue weighted by molar-refractivity contribution is -0.165. The van der Waals surface area contributed by atoms with Crippen molar-refractivity contribution in [2.75, 3.05) is 13.1 Å². The van der Waals surface area contributed by atoms with Gasteiger partial charge in [0.05, 0.1) is 0 Å². The predicted octanol–water partition coefficient (Wildman–Crippen LogP) is 4.54. The van der Waals surface area contributed by atoms with E-state index in [1.165, 1.54) is 6.42 Å². The molecule has 1 aliphatic carbocycles. The quantitative estimate of drug-likeness (QED) is 0.604. The molecule has 4 atom stereocenters. The minimum Gasteiger partial charge on any atom is -0.458 e. The number of carbonyl (C=O) groups is 3. The Labute approximate surface area is 202 Å². The first-order valence-corrected chi connectivity index (χ1v) is 12.8. The maximum atomic E-state index is 14.0. The molecule has 3 aliphatic rings. The lowest BCUT2D eigenvalue weighted by Crippen LogP contribution is -2.61. The van der Waals surface area contributed by atoms with Crippen LogP contribution in [-0.2, 0) is 25.7 Å². The molecule has 0 spiro atoms. The molecule has 2 aliphatic heterocycles. The average molecular weight is 471 g/mol. The van der Waals surface area contributed by atoms with Gasteiger partial charge in [0, 0.05) is 13.1 Å². The van der Waals surface area contributed by atoms with E-state index in [0.717, 1.165) is 37.7 Å². The van der Waals surface area contributed by atoms with Gasteiger partial charge in [0.1, 0.15) is 24.3 Å². The molecule has 7 nitrogen and oxygen atoms in total. The summed E-state index contributed by atoms with van der Waals surface area (Å²) in [5, 5.41) is 0. The smallest absolute Gasteiger partial charge is 0.410 e. The lowest BCUT2D eigenvalue weighted by Gasteiger charge is -2.47. The fourth-order valence-corrected chi connectivity index (χ4v) is 5.82. The van der Waals surface area contributed by atoms with Crippen LogP contribution in [0.15, 0.2) is 30.3 Å². The summed E-state index contributed by atoms with van der Waals surface area (Å²) in [4.78, 5) is 43.4. The van der Waals surface area contributed by atoms with E-state index < -0.39 is 23.8 Å². The van der Waals surface area contributed by atoms with Crippen molar-refractivity contribution >= 4 is 18.0 Å². The molecule has 4 rings (SSSR count). The van der Waals surface area contributed by atoms with Gasteiger partial charge in [0.2, 0.25) is 5.91 Å². The second-order valence-electron chi connectivity index (χ2n) is 10.9. The molecule has 0 N–H and O–H groups in total. The lowest BCUT2D eigenvalue weighted by atomic mass is 9.70. The van der Waals surface area contributed by atoms with Crippen LogP contribution in [-0.4, -0.2) is 58.5 Å². The second kappa shape index (κ2) is 10.4. The summed E-state index contributed by atoms with van der Waals surface area (Å²) < 4.78 is 11.3. The molecule has 2 heterocycles. The number of nitrogens with zero attached hydrogens (tertiary/aromatic N) is 2. The van der Waals surface area contributed by atoms with E-state index in [-0.39, 0.29) is 24.4 Å². The first-order valence-electron chi connectivity index (χ1n) is 12.8. The minimum atomic E-state index is -0.610. The standard InChI is InChI=1S/C27H38N2O5/c1-27(2,3)34-25(31)22-14-9-16-28(22)24(30)23-21-13-8-7-12-20(21)15-17-29(23)26(32)33-18-19-10-5-4-6-11-19/h4-6,10-11,20-23H,7-9,12-18H2,1-3H3/t20-,21-,22-,23?/m0/s1. The highest BCUT2D eigenvalue weighted by Gasteiger charge is 2.49. The van der Waals surface area contributed by atoms with Crippen molar-refractivity contribution in [1.82, 2.24) is 9.80 Å². The van der Waals surface area contributed by atoms with Crippen molar-refractivity contribution in [3.8, 4) is 0 Å². The fraction of sp³-hybridized carbons (Fsp3) is 0.667. The second-order valence-corrected chi connectivity index (χ2v) is 10.9. The van der Waals surface area contributed by atoms with Crippen LogP contribution >= 0.6 is 0 Å². The molecule has 186 valence electrons. The highest BCUT2D eigenvalue weighted by Crippen LogP contribution is 2.41. The van der Waals surface area contributed by atoms with Crippen LogP contribution in [0.3, 0.4) is 0 Å². The van der Waals surface area contributed by atoms with Crippen molar-refractivity contribution < 1.29 is 23.9 Å². The number of likely N-dealkylation sites (tertiary alicyclic amines) is 2. The third-order valence-corrected chi connectivity index (χ3v) is 7.36. The van der Waals surface area contributed by atoms with Gasteiger partial charge in [-0.15, -0.1) is 0 Å². The van der Waals surface area contributed by atoms with E-state index >= 15 is 0 Å². The number of ether oxygens (including phenoxy) is 2. The zero-order valence-electron chi connectivity index (χ0n) is 20.7. The number of hydrogen-bond acceptors (Lipinski definition) is 5. The number of amides is 2. The summed E-state index contributed by atoms with van der Waals surface area (Å²) in [5.41, 5.74) is 0.303. The number of piperidine rings is 1. The van der Waals surface area contributed by atoms with Gasteiger partial charge in [-0.2, -0.15) is 0 Å². The zero-order chi connectivity index (χ0) is 24.3. The van der Waals surface area contributed by atoms with E-state index in [0.29, 0.717) is 25.4 Å². The molecule has 1 aromatic carbocycles. The number of fused-ring (bicyclic) bond motifs is 1. The van der Waals surface area contributed by atoms with Crippen LogP contribution in [0.1, 0.15) is 71.3 Å². The fourth-order valence-electron chi connectivity index (χ4n) is 5.82. The molecule has 2 amide bonds. The zero-order valence-corrected chi connectivity index (χ0v) is 20.7. The number of hydrogen-bond donors (Lipinski definition) is 0. The van der Waals surface area contributed by atoms with Gasteiger partial charge in [-0.25, -0.2) is 9.59 Å². The Kier molecular flexibility index (Phi) is 7.48. The van der Waals surface area contributed by atoms with Crippen molar-refractivity contribution in [2.24, 2.45) is 11.8 Å². The van der Waals surface area contributed by atoms with E-state index in [9.17, 15) is 14.4 Å². The molecule has 1 aromatic rings. The Morgan fingerprint density at radius 2 is 1.65 bits per heavy atom. The molecule has 0 bridgehead atoms. The van der Waals surface area contributed by atoms with Crippen LogP contribution < -0.4 is 0 Å². The van der Waals surface area contributed by atoms with Gasteiger partial charge in [-0.05, 0) is 63.9 Å². The van der Waals surface area contributed by atoms with Crippen molar-refractivity contribution in [1.29, 1.82) is 0 Å². The van der Waals surface area contributed by atoms with Crippen LogP contribution in [0.4, 0.5) is 4.79 Å². The van der Waals surface area contributed by atoms with Gasteiger partial charge < -0.3 is 14.4 Å². The van der Waals surface area contributed by atoms with Gasteiger partial charge in [-0.3, -0.25) is 9.69 Å². The van der Waals surface area contributed by atoms with Gasteiger partial charge in [-0.1, -0.05) is 49.6 Å². The number of benzene rings is 1. The number of rotatable bonds is 4. The van der Waals surface area contributed by atoms with Crippen LogP contribution in [0.25, 0.3) is 0 Å². The molecule has 3 fully saturated rings. The van der Waals surface area contributed by atoms with Crippen molar-refractivity contribution in [3.05, 3.63) is 35.9 Å². The maximum absolute atomic E-state index is 14.0. The summed E-state index contributed by atoms with van der Waals surface area (Å²) >= 11 is 0. The normalized spacial score (nSPS) is 27.1. The van der Waals surface area contributed by atoms with E-state index in [1.54, 1.807) is 9.80 Å². The first-order chi connectivity index (χ1) is 16.2. The monoisotopic (exact) mass is 470 g/mol. The van der Waals surface area contributed by atoms with Crippen molar-refractivity contribution in [3.63, 3.8) is 0 Å². The highest BCUT2D eigenvalue weighted by atomic mass is 16.6. The summed E-state index contributed by atoms with van der Waals surface area (Å²) in [6, 6.07) is 8.41. The van der Waals surface area contributed by atoms with Gasteiger partial charge in [0.15, 0.2) is 0 Å². The topological polar surface area (TPSA) is 76.2 Å². The van der Waals surface area contributed by atoms with Gasteiger partial charge >= 0.3 is 12.1 Å².